The number of rotatable bonds is 3. The van der Waals surface area contributed by atoms with E-state index in [2.05, 4.69) is 77.6 Å². The lowest BCUT2D eigenvalue weighted by Crippen LogP contribution is -2.05. The molecule has 0 fully saturated rings. The molecule has 0 saturated carbocycles. The molecule has 1 heterocycles. The first kappa shape index (κ1) is 13.6. The monoisotopic (exact) mass is 346 g/mol. The van der Waals surface area contributed by atoms with E-state index in [4.69, 9.17) is 4.98 Å². The molecule has 1 N–H and O–H groups in total. The number of aromatic nitrogens is 1. The lowest BCUT2D eigenvalue weighted by Gasteiger charge is -2.13. The van der Waals surface area contributed by atoms with Gasteiger partial charge in [0.2, 0.25) is 0 Å². The molecular weight excluding hydrogens is 332 g/mol. The molecule has 0 spiro atoms. The lowest BCUT2D eigenvalue weighted by atomic mass is 10.1. The second kappa shape index (κ2) is 5.54. The molecule has 4 heteroatoms. The molecule has 3 aromatic rings. The molecule has 102 valence electrons. The molecule has 2 aromatic carbocycles. The Morgan fingerprint density at radius 3 is 2.60 bits per heavy atom. The van der Waals surface area contributed by atoms with Crippen molar-refractivity contribution < 1.29 is 0 Å². The number of fused-ring (bicyclic) bond motifs is 1. The number of halogens is 1. The molecule has 0 aliphatic carbocycles. The number of thiazole rings is 1. The van der Waals surface area contributed by atoms with E-state index in [-0.39, 0.29) is 6.04 Å². The van der Waals surface area contributed by atoms with E-state index in [0.29, 0.717) is 0 Å². The van der Waals surface area contributed by atoms with E-state index in [0.717, 1.165) is 15.1 Å². The van der Waals surface area contributed by atoms with Crippen molar-refractivity contribution in [2.45, 2.75) is 19.9 Å². The molecule has 1 atom stereocenters. The third-order valence-electron chi connectivity index (χ3n) is 3.33. The highest BCUT2D eigenvalue weighted by atomic mass is 79.9. The highest BCUT2D eigenvalue weighted by Gasteiger charge is 2.10. The highest BCUT2D eigenvalue weighted by Crippen LogP contribution is 2.30. The molecule has 1 unspecified atom stereocenters. The van der Waals surface area contributed by atoms with Crippen LogP contribution in [-0.4, -0.2) is 4.98 Å². The van der Waals surface area contributed by atoms with Crippen LogP contribution in [-0.2, 0) is 0 Å². The Morgan fingerprint density at radius 2 is 1.90 bits per heavy atom. The summed E-state index contributed by atoms with van der Waals surface area (Å²) in [5.74, 6) is 0. The summed E-state index contributed by atoms with van der Waals surface area (Å²) in [5.41, 5.74) is 3.58. The summed E-state index contributed by atoms with van der Waals surface area (Å²) < 4.78 is 2.33. The summed E-state index contributed by atoms with van der Waals surface area (Å²) in [6, 6.07) is 14.9. The lowest BCUT2D eigenvalue weighted by molar-refractivity contribution is 0.882. The average molecular weight is 347 g/mol. The molecular formula is C16H15BrN2S. The van der Waals surface area contributed by atoms with E-state index in [9.17, 15) is 0 Å². The van der Waals surface area contributed by atoms with E-state index in [1.165, 1.54) is 15.8 Å². The fraction of sp³-hybridized carbons (Fsp3) is 0.188. The van der Waals surface area contributed by atoms with Crippen LogP contribution in [0, 0.1) is 6.92 Å². The summed E-state index contributed by atoms with van der Waals surface area (Å²) >= 11 is 5.17. The molecule has 1 aromatic heterocycles. The molecule has 3 rings (SSSR count). The molecule has 2 nitrogen and oxygen atoms in total. The fourth-order valence-corrected chi connectivity index (χ4v) is 3.46. The van der Waals surface area contributed by atoms with Crippen molar-refractivity contribution >= 4 is 42.6 Å². The molecule has 20 heavy (non-hydrogen) atoms. The minimum Gasteiger partial charge on any atom is -0.355 e. The van der Waals surface area contributed by atoms with Gasteiger partial charge in [0.05, 0.1) is 16.3 Å². The summed E-state index contributed by atoms with van der Waals surface area (Å²) in [5, 5.41) is 4.46. The van der Waals surface area contributed by atoms with Gasteiger partial charge in [-0.1, -0.05) is 51.5 Å². The Bertz CT molecular complexity index is 734. The van der Waals surface area contributed by atoms with Crippen LogP contribution >= 0.6 is 27.3 Å². The van der Waals surface area contributed by atoms with Crippen molar-refractivity contribution in [2.24, 2.45) is 0 Å². The van der Waals surface area contributed by atoms with Crippen LogP contribution in [0.1, 0.15) is 24.1 Å². The molecule has 0 aliphatic rings. The SMILES string of the molecule is Cc1cccc2sc(NC(C)c3ccc(Br)cc3)nc12. The molecule has 0 bridgehead atoms. The topological polar surface area (TPSA) is 24.9 Å². The molecule has 0 amide bonds. The van der Waals surface area contributed by atoms with Crippen molar-refractivity contribution in [3.63, 3.8) is 0 Å². The molecule has 0 radical (unpaired) electrons. The predicted octanol–water partition coefficient (Wildman–Crippen LogP) is 5.54. The van der Waals surface area contributed by atoms with Gasteiger partial charge in [-0.15, -0.1) is 0 Å². The van der Waals surface area contributed by atoms with E-state index in [1.54, 1.807) is 11.3 Å². The number of benzene rings is 2. The van der Waals surface area contributed by atoms with Gasteiger partial charge in [-0.3, -0.25) is 0 Å². The van der Waals surface area contributed by atoms with E-state index >= 15 is 0 Å². The van der Waals surface area contributed by atoms with E-state index < -0.39 is 0 Å². The summed E-state index contributed by atoms with van der Waals surface area (Å²) in [4.78, 5) is 4.69. The number of nitrogens with zero attached hydrogens (tertiary/aromatic N) is 1. The van der Waals surface area contributed by atoms with Crippen LogP contribution in [0.15, 0.2) is 46.9 Å². The Kier molecular flexibility index (Phi) is 3.76. The zero-order valence-electron chi connectivity index (χ0n) is 11.4. The Hall–Kier alpha value is -1.39. The molecule has 0 aliphatic heterocycles. The van der Waals surface area contributed by atoms with Crippen LogP contribution in [0.5, 0.6) is 0 Å². The van der Waals surface area contributed by atoms with Gasteiger partial charge in [-0.05, 0) is 43.2 Å². The standard InChI is InChI=1S/C16H15BrN2S/c1-10-4-3-5-14-15(10)19-16(20-14)18-11(2)12-6-8-13(17)9-7-12/h3-9,11H,1-2H3,(H,18,19). The van der Waals surface area contributed by atoms with Gasteiger partial charge in [0.25, 0.3) is 0 Å². The number of hydrogen-bond acceptors (Lipinski definition) is 3. The van der Waals surface area contributed by atoms with Crippen molar-refractivity contribution in [1.29, 1.82) is 0 Å². The van der Waals surface area contributed by atoms with Gasteiger partial charge in [0.15, 0.2) is 5.13 Å². The number of para-hydroxylation sites is 1. The first-order valence-electron chi connectivity index (χ1n) is 6.51. The van der Waals surface area contributed by atoms with Crippen molar-refractivity contribution in [1.82, 2.24) is 4.98 Å². The summed E-state index contributed by atoms with van der Waals surface area (Å²) in [6.07, 6.45) is 0. The maximum atomic E-state index is 4.69. The summed E-state index contributed by atoms with van der Waals surface area (Å²) in [7, 11) is 0. The predicted molar refractivity (Wildman–Crippen MR) is 90.5 cm³/mol. The number of anilines is 1. The molecule has 0 saturated heterocycles. The Labute approximate surface area is 131 Å². The zero-order chi connectivity index (χ0) is 14.1. The first-order chi connectivity index (χ1) is 9.63. The third kappa shape index (κ3) is 2.72. The van der Waals surface area contributed by atoms with Crippen LogP contribution < -0.4 is 5.32 Å². The van der Waals surface area contributed by atoms with Gasteiger partial charge in [0.1, 0.15) is 0 Å². The maximum absolute atomic E-state index is 4.69. The largest absolute Gasteiger partial charge is 0.355 e. The first-order valence-corrected chi connectivity index (χ1v) is 8.12. The van der Waals surface area contributed by atoms with Crippen LogP contribution in [0.3, 0.4) is 0 Å². The maximum Gasteiger partial charge on any atom is 0.184 e. The van der Waals surface area contributed by atoms with Gasteiger partial charge in [0, 0.05) is 4.47 Å². The van der Waals surface area contributed by atoms with Gasteiger partial charge < -0.3 is 5.32 Å². The van der Waals surface area contributed by atoms with Crippen molar-refractivity contribution in [3.8, 4) is 0 Å². The second-order valence-electron chi connectivity index (χ2n) is 4.86. The number of nitrogens with one attached hydrogen (secondary N) is 1. The minimum absolute atomic E-state index is 0.240. The average Bonchev–Trinajstić information content (AvgIpc) is 2.83. The van der Waals surface area contributed by atoms with Crippen LogP contribution in [0.25, 0.3) is 10.2 Å². The zero-order valence-corrected chi connectivity index (χ0v) is 13.8. The fourth-order valence-electron chi connectivity index (χ4n) is 2.17. The number of aryl methyl sites for hydroxylation is 1. The van der Waals surface area contributed by atoms with Crippen LogP contribution in [0.4, 0.5) is 5.13 Å². The Morgan fingerprint density at radius 1 is 1.15 bits per heavy atom. The van der Waals surface area contributed by atoms with Crippen molar-refractivity contribution in [2.75, 3.05) is 5.32 Å². The van der Waals surface area contributed by atoms with Crippen molar-refractivity contribution in [3.05, 3.63) is 58.1 Å². The Balaban J connectivity index is 1.85. The smallest absolute Gasteiger partial charge is 0.184 e. The second-order valence-corrected chi connectivity index (χ2v) is 6.80. The van der Waals surface area contributed by atoms with Gasteiger partial charge in [-0.2, -0.15) is 0 Å². The normalized spacial score (nSPS) is 12.6. The van der Waals surface area contributed by atoms with Gasteiger partial charge >= 0.3 is 0 Å². The highest BCUT2D eigenvalue weighted by molar-refractivity contribution is 9.10. The minimum atomic E-state index is 0.240. The van der Waals surface area contributed by atoms with Crippen LogP contribution in [0.2, 0.25) is 0 Å². The van der Waals surface area contributed by atoms with E-state index in [1.807, 2.05) is 0 Å². The third-order valence-corrected chi connectivity index (χ3v) is 4.81. The number of hydrogen-bond donors (Lipinski definition) is 1. The van der Waals surface area contributed by atoms with Gasteiger partial charge in [-0.25, -0.2) is 4.98 Å². The quantitative estimate of drug-likeness (QED) is 0.673. The summed E-state index contributed by atoms with van der Waals surface area (Å²) in [6.45, 7) is 4.26.